The number of ether oxygens (including phenoxy) is 1. The van der Waals surface area contributed by atoms with Crippen molar-refractivity contribution in [1.29, 1.82) is 5.26 Å². The van der Waals surface area contributed by atoms with Crippen molar-refractivity contribution in [1.82, 2.24) is 0 Å². The first kappa shape index (κ1) is 12.5. The van der Waals surface area contributed by atoms with Gasteiger partial charge in [-0.2, -0.15) is 5.26 Å². The topological polar surface area (TPSA) is 50.1 Å². The maximum Gasteiger partial charge on any atom is 0.309 e. The fourth-order valence-electron chi connectivity index (χ4n) is 1.26. The molecule has 0 heterocycles. The highest BCUT2D eigenvalue weighted by atomic mass is 35.5. The fourth-order valence-corrected chi connectivity index (χ4v) is 1.51. The molecule has 0 aliphatic heterocycles. The third-order valence-electron chi connectivity index (χ3n) is 2.12. The van der Waals surface area contributed by atoms with E-state index in [0.29, 0.717) is 11.1 Å². The Morgan fingerprint density at radius 2 is 2.25 bits per heavy atom. The van der Waals surface area contributed by atoms with Gasteiger partial charge in [-0.3, -0.25) is 4.79 Å². The highest BCUT2D eigenvalue weighted by Gasteiger charge is 2.12. The summed E-state index contributed by atoms with van der Waals surface area (Å²) in [6.45, 7) is 0. The molecule has 0 aromatic heterocycles. The highest BCUT2D eigenvalue weighted by molar-refractivity contribution is 6.17. The first-order valence-corrected chi connectivity index (χ1v) is 5.00. The summed E-state index contributed by atoms with van der Waals surface area (Å²) in [5, 5.41) is 8.66. The Balaban J connectivity index is 3.15. The molecule has 0 aliphatic carbocycles. The fraction of sp³-hybridized carbons (Fsp3) is 0.273. The lowest BCUT2D eigenvalue weighted by Crippen LogP contribution is -2.07. The van der Waals surface area contributed by atoms with Crippen LogP contribution in [0.25, 0.3) is 0 Å². The molecular formula is C11H9ClFNO2. The second-order valence-corrected chi connectivity index (χ2v) is 3.37. The lowest BCUT2D eigenvalue weighted by Gasteiger charge is -2.07. The molecule has 0 saturated heterocycles. The van der Waals surface area contributed by atoms with Crippen LogP contribution in [0, 0.1) is 17.1 Å². The van der Waals surface area contributed by atoms with E-state index in [-0.39, 0.29) is 17.9 Å². The summed E-state index contributed by atoms with van der Waals surface area (Å²) in [5.41, 5.74) is 0.899. The minimum absolute atomic E-state index is 0.0203. The van der Waals surface area contributed by atoms with Crippen molar-refractivity contribution in [3.8, 4) is 6.07 Å². The molecule has 0 saturated carbocycles. The molecule has 1 aromatic carbocycles. The van der Waals surface area contributed by atoms with Gasteiger partial charge >= 0.3 is 5.97 Å². The Morgan fingerprint density at radius 3 is 2.75 bits per heavy atom. The van der Waals surface area contributed by atoms with Crippen molar-refractivity contribution < 1.29 is 13.9 Å². The minimum atomic E-state index is -0.633. The maximum absolute atomic E-state index is 13.2. The van der Waals surface area contributed by atoms with E-state index in [4.69, 9.17) is 16.9 Å². The Labute approximate surface area is 97.4 Å². The predicted octanol–water partition coefficient (Wildman–Crippen LogP) is 2.15. The van der Waals surface area contributed by atoms with Gasteiger partial charge in [0.2, 0.25) is 0 Å². The molecule has 1 rings (SSSR count). The summed E-state index contributed by atoms with van der Waals surface area (Å²) in [6.07, 6.45) is -0.0203. The summed E-state index contributed by atoms with van der Waals surface area (Å²) in [4.78, 5) is 11.1. The number of methoxy groups -OCH3 is 1. The van der Waals surface area contributed by atoms with Crippen LogP contribution in [0.5, 0.6) is 0 Å². The minimum Gasteiger partial charge on any atom is -0.469 e. The number of halogens is 2. The van der Waals surface area contributed by atoms with Gasteiger partial charge in [0, 0.05) is 5.88 Å². The van der Waals surface area contributed by atoms with Gasteiger partial charge in [-0.25, -0.2) is 4.39 Å². The zero-order valence-electron chi connectivity index (χ0n) is 8.59. The smallest absolute Gasteiger partial charge is 0.309 e. The largest absolute Gasteiger partial charge is 0.469 e. The zero-order valence-corrected chi connectivity index (χ0v) is 9.34. The summed E-state index contributed by atoms with van der Waals surface area (Å²) < 4.78 is 17.7. The SMILES string of the molecule is COC(=O)Cc1cc(C#N)c(F)cc1CCl. The number of rotatable bonds is 3. The number of nitriles is 1. The molecular weight excluding hydrogens is 233 g/mol. The molecule has 0 unspecified atom stereocenters. The van der Waals surface area contributed by atoms with Crippen LogP contribution in [-0.2, 0) is 21.8 Å². The number of carbonyl (C=O) groups excluding carboxylic acids is 1. The molecule has 0 spiro atoms. The molecule has 0 radical (unpaired) electrons. The molecule has 3 nitrogen and oxygen atoms in total. The number of alkyl halides is 1. The second-order valence-electron chi connectivity index (χ2n) is 3.10. The lowest BCUT2D eigenvalue weighted by atomic mass is 10.0. The number of hydrogen-bond acceptors (Lipinski definition) is 3. The van der Waals surface area contributed by atoms with Crippen LogP contribution in [0.15, 0.2) is 12.1 Å². The van der Waals surface area contributed by atoms with Crippen LogP contribution in [0.1, 0.15) is 16.7 Å². The Kier molecular flexibility index (Phi) is 4.27. The normalized spacial score (nSPS) is 9.62. The third-order valence-corrected chi connectivity index (χ3v) is 2.40. The van der Waals surface area contributed by atoms with E-state index in [1.165, 1.54) is 19.2 Å². The van der Waals surface area contributed by atoms with Crippen molar-refractivity contribution in [2.75, 3.05) is 7.11 Å². The monoisotopic (exact) mass is 241 g/mol. The second kappa shape index (κ2) is 5.47. The summed E-state index contributed by atoms with van der Waals surface area (Å²) in [5.74, 6) is -1.01. The van der Waals surface area contributed by atoms with Gasteiger partial charge in [0.25, 0.3) is 0 Å². The van der Waals surface area contributed by atoms with Gasteiger partial charge < -0.3 is 4.74 Å². The molecule has 5 heteroatoms. The van der Waals surface area contributed by atoms with E-state index in [2.05, 4.69) is 4.74 Å². The van der Waals surface area contributed by atoms with Gasteiger partial charge in [0.15, 0.2) is 0 Å². The number of benzene rings is 1. The van der Waals surface area contributed by atoms with Crippen molar-refractivity contribution in [3.63, 3.8) is 0 Å². The first-order valence-electron chi connectivity index (χ1n) is 4.46. The average molecular weight is 242 g/mol. The van der Waals surface area contributed by atoms with Crippen molar-refractivity contribution in [3.05, 3.63) is 34.6 Å². The molecule has 0 bridgehead atoms. The van der Waals surface area contributed by atoms with Crippen LogP contribution in [0.4, 0.5) is 4.39 Å². The van der Waals surface area contributed by atoms with E-state index in [1.807, 2.05) is 0 Å². The summed E-state index contributed by atoms with van der Waals surface area (Å²) in [7, 11) is 1.26. The van der Waals surface area contributed by atoms with Crippen molar-refractivity contribution >= 4 is 17.6 Å². The summed E-state index contributed by atoms with van der Waals surface area (Å²) >= 11 is 5.62. The van der Waals surface area contributed by atoms with E-state index in [1.54, 1.807) is 6.07 Å². The van der Waals surface area contributed by atoms with E-state index < -0.39 is 11.8 Å². The quantitative estimate of drug-likeness (QED) is 0.602. The van der Waals surface area contributed by atoms with Gasteiger partial charge in [-0.15, -0.1) is 11.6 Å². The third kappa shape index (κ3) is 2.71. The van der Waals surface area contributed by atoms with Gasteiger partial charge in [-0.05, 0) is 23.3 Å². The maximum atomic E-state index is 13.2. The summed E-state index contributed by atoms with van der Waals surface area (Å²) in [6, 6.07) is 4.20. The number of carbonyl (C=O) groups is 1. The van der Waals surface area contributed by atoms with Crippen LogP contribution in [0.2, 0.25) is 0 Å². The molecule has 1 aromatic rings. The predicted molar refractivity (Wildman–Crippen MR) is 56.4 cm³/mol. The molecule has 0 aliphatic rings. The molecule has 84 valence electrons. The van der Waals surface area contributed by atoms with E-state index in [9.17, 15) is 9.18 Å². The van der Waals surface area contributed by atoms with Crippen LogP contribution in [-0.4, -0.2) is 13.1 Å². The molecule has 0 amide bonds. The van der Waals surface area contributed by atoms with Gasteiger partial charge in [-0.1, -0.05) is 0 Å². The molecule has 0 fully saturated rings. The molecule has 0 N–H and O–H groups in total. The first-order chi connectivity index (χ1) is 7.62. The van der Waals surface area contributed by atoms with E-state index >= 15 is 0 Å². The average Bonchev–Trinajstić information content (AvgIpc) is 2.30. The van der Waals surface area contributed by atoms with Crippen molar-refractivity contribution in [2.24, 2.45) is 0 Å². The number of nitrogens with zero attached hydrogens (tertiary/aromatic N) is 1. The Bertz CT molecular complexity index is 454. The van der Waals surface area contributed by atoms with Gasteiger partial charge in [0.05, 0.1) is 19.1 Å². The Morgan fingerprint density at radius 1 is 1.56 bits per heavy atom. The van der Waals surface area contributed by atoms with Crippen LogP contribution < -0.4 is 0 Å². The standard InChI is InChI=1S/C11H9ClFNO2/c1-16-11(15)4-7-2-9(6-14)10(13)3-8(7)5-12/h2-3H,4-5H2,1H3. The molecule has 0 atom stereocenters. The Hall–Kier alpha value is -1.60. The number of esters is 1. The van der Waals surface area contributed by atoms with Gasteiger partial charge in [0.1, 0.15) is 11.9 Å². The zero-order chi connectivity index (χ0) is 12.1. The lowest BCUT2D eigenvalue weighted by molar-refractivity contribution is -0.139. The number of hydrogen-bond donors (Lipinski definition) is 0. The van der Waals surface area contributed by atoms with Crippen LogP contribution in [0.3, 0.4) is 0 Å². The highest BCUT2D eigenvalue weighted by Crippen LogP contribution is 2.18. The van der Waals surface area contributed by atoms with E-state index in [0.717, 1.165) is 0 Å². The molecule has 16 heavy (non-hydrogen) atoms. The van der Waals surface area contributed by atoms with Crippen molar-refractivity contribution in [2.45, 2.75) is 12.3 Å². The van der Waals surface area contributed by atoms with Crippen LogP contribution >= 0.6 is 11.6 Å².